The van der Waals surface area contributed by atoms with Crippen LogP contribution < -0.4 is 5.56 Å². The molecule has 0 fully saturated rings. The molecule has 0 saturated carbocycles. The molecule has 0 amide bonds. The number of fused-ring (bicyclic) bond motifs is 2. The number of nitrogens with zero attached hydrogens (tertiary/aromatic N) is 4. The van der Waals surface area contributed by atoms with Crippen molar-refractivity contribution in [1.82, 2.24) is 24.5 Å². The van der Waals surface area contributed by atoms with Gasteiger partial charge >= 0.3 is 0 Å². The number of aromatic amines is 1. The summed E-state index contributed by atoms with van der Waals surface area (Å²) in [6.45, 7) is 2.21. The number of hydrogen-bond donors (Lipinski definition) is 1. The molecule has 0 aliphatic carbocycles. The van der Waals surface area contributed by atoms with E-state index in [2.05, 4.69) is 21.0 Å². The molecule has 130 valence electrons. The summed E-state index contributed by atoms with van der Waals surface area (Å²) in [5.41, 5.74) is 3.76. The number of hydrogen-bond acceptors (Lipinski definition) is 5. The van der Waals surface area contributed by atoms with Crippen LogP contribution in [0.15, 0.2) is 52.8 Å². The predicted octanol–water partition coefficient (Wildman–Crippen LogP) is 2.70. The maximum atomic E-state index is 12.6. The third-order valence-electron chi connectivity index (χ3n) is 4.71. The highest BCUT2D eigenvalue weighted by molar-refractivity contribution is 7.13. The molecule has 4 aromatic heterocycles. The van der Waals surface area contributed by atoms with E-state index in [-0.39, 0.29) is 5.56 Å². The van der Waals surface area contributed by atoms with Crippen LogP contribution in [0.5, 0.6) is 0 Å². The van der Waals surface area contributed by atoms with E-state index in [1.807, 2.05) is 46.4 Å². The van der Waals surface area contributed by atoms with Crippen molar-refractivity contribution in [2.24, 2.45) is 0 Å². The fourth-order valence-corrected chi connectivity index (χ4v) is 4.11. The Labute approximate surface area is 153 Å². The third kappa shape index (κ3) is 2.75. The summed E-state index contributed by atoms with van der Waals surface area (Å²) >= 11 is 1.59. The highest BCUT2D eigenvalue weighted by atomic mass is 32.1. The molecule has 0 saturated heterocycles. The first-order chi connectivity index (χ1) is 12.8. The topological polar surface area (TPSA) is 66.3 Å². The summed E-state index contributed by atoms with van der Waals surface area (Å²) in [7, 11) is 0. The summed E-state index contributed by atoms with van der Waals surface area (Å²) in [4.78, 5) is 23.5. The molecule has 1 N–H and O–H groups in total. The van der Waals surface area contributed by atoms with Gasteiger partial charge in [0.05, 0.1) is 27.3 Å². The van der Waals surface area contributed by atoms with Gasteiger partial charge in [0.15, 0.2) is 5.82 Å². The van der Waals surface area contributed by atoms with Gasteiger partial charge in [-0.1, -0.05) is 12.1 Å². The lowest BCUT2D eigenvalue weighted by atomic mass is 10.1. The monoisotopic (exact) mass is 363 g/mol. The minimum Gasteiger partial charge on any atom is -0.306 e. The van der Waals surface area contributed by atoms with Crippen LogP contribution >= 0.6 is 11.3 Å². The Morgan fingerprint density at radius 3 is 3.04 bits per heavy atom. The van der Waals surface area contributed by atoms with Crippen molar-refractivity contribution in [3.63, 3.8) is 0 Å². The molecular formula is C19H17N5OS. The van der Waals surface area contributed by atoms with Crippen molar-refractivity contribution in [3.8, 4) is 10.7 Å². The first kappa shape index (κ1) is 15.5. The van der Waals surface area contributed by atoms with Crippen LogP contribution in [-0.2, 0) is 19.5 Å². The van der Waals surface area contributed by atoms with Crippen molar-refractivity contribution < 1.29 is 0 Å². The maximum absolute atomic E-state index is 12.6. The minimum atomic E-state index is -0.0295. The van der Waals surface area contributed by atoms with Gasteiger partial charge in [0.1, 0.15) is 0 Å². The molecule has 4 aromatic rings. The zero-order chi connectivity index (χ0) is 17.5. The van der Waals surface area contributed by atoms with Gasteiger partial charge in [0.25, 0.3) is 5.56 Å². The fourth-order valence-electron chi connectivity index (χ4n) is 3.44. The zero-order valence-corrected chi connectivity index (χ0v) is 14.9. The van der Waals surface area contributed by atoms with E-state index in [9.17, 15) is 4.79 Å². The van der Waals surface area contributed by atoms with Crippen LogP contribution in [0.1, 0.15) is 17.0 Å². The van der Waals surface area contributed by atoms with E-state index in [1.54, 1.807) is 11.3 Å². The molecule has 0 radical (unpaired) electrons. The Morgan fingerprint density at radius 2 is 2.19 bits per heavy atom. The van der Waals surface area contributed by atoms with Crippen LogP contribution in [0.4, 0.5) is 0 Å². The van der Waals surface area contributed by atoms with E-state index in [0.29, 0.717) is 12.4 Å². The van der Waals surface area contributed by atoms with Gasteiger partial charge in [-0.25, -0.2) is 9.50 Å². The van der Waals surface area contributed by atoms with Crippen molar-refractivity contribution >= 4 is 16.9 Å². The van der Waals surface area contributed by atoms with Crippen LogP contribution in [0.25, 0.3) is 16.2 Å². The second-order valence-electron chi connectivity index (χ2n) is 6.48. The lowest BCUT2D eigenvalue weighted by Gasteiger charge is -2.26. The third-order valence-corrected chi connectivity index (χ3v) is 5.59. The van der Waals surface area contributed by atoms with Crippen LogP contribution in [-0.4, -0.2) is 31.0 Å². The normalized spacial score (nSPS) is 14.6. The van der Waals surface area contributed by atoms with Gasteiger partial charge in [-0.3, -0.25) is 9.69 Å². The van der Waals surface area contributed by atoms with Crippen molar-refractivity contribution in [2.45, 2.75) is 19.5 Å². The van der Waals surface area contributed by atoms with Crippen LogP contribution in [0, 0.1) is 0 Å². The Bertz CT molecular complexity index is 1100. The second-order valence-corrected chi connectivity index (χ2v) is 7.43. The van der Waals surface area contributed by atoms with Gasteiger partial charge in [-0.05, 0) is 29.6 Å². The fraction of sp³-hybridized carbons (Fsp3) is 0.211. The second kappa shape index (κ2) is 6.19. The number of pyridine rings is 1. The summed E-state index contributed by atoms with van der Waals surface area (Å²) in [5, 5.41) is 6.60. The number of thiophene rings is 1. The van der Waals surface area contributed by atoms with Gasteiger partial charge in [-0.2, -0.15) is 5.10 Å². The Kier molecular flexibility index (Phi) is 3.69. The molecule has 0 aromatic carbocycles. The standard InChI is InChI=1S/C19H17N5OS/c25-19-15-12-23(11-13-10-14-4-1-2-7-24(14)22-13)8-6-16(15)20-18(21-19)17-5-3-9-26-17/h1-5,7,9-10H,6,8,11-12H2,(H,20,21,25). The molecule has 7 heteroatoms. The molecular weight excluding hydrogens is 346 g/mol. The van der Waals surface area contributed by atoms with Gasteiger partial charge in [0, 0.05) is 32.3 Å². The summed E-state index contributed by atoms with van der Waals surface area (Å²) < 4.78 is 1.88. The molecule has 0 spiro atoms. The number of nitrogens with one attached hydrogen (secondary N) is 1. The molecule has 26 heavy (non-hydrogen) atoms. The smallest absolute Gasteiger partial charge is 0.255 e. The highest BCUT2D eigenvalue weighted by Gasteiger charge is 2.22. The number of H-pyrrole nitrogens is 1. The lowest BCUT2D eigenvalue weighted by molar-refractivity contribution is 0.239. The average molecular weight is 363 g/mol. The first-order valence-electron chi connectivity index (χ1n) is 8.58. The number of aromatic nitrogens is 4. The predicted molar refractivity (Wildman–Crippen MR) is 101 cm³/mol. The largest absolute Gasteiger partial charge is 0.306 e. The quantitative estimate of drug-likeness (QED) is 0.608. The van der Waals surface area contributed by atoms with Gasteiger partial charge < -0.3 is 4.98 Å². The molecule has 1 aliphatic rings. The highest BCUT2D eigenvalue weighted by Crippen LogP contribution is 2.23. The lowest BCUT2D eigenvalue weighted by Crippen LogP contribution is -2.35. The molecule has 5 rings (SSSR count). The van der Waals surface area contributed by atoms with Gasteiger partial charge in [-0.15, -0.1) is 11.3 Å². The number of rotatable bonds is 3. The molecule has 1 aliphatic heterocycles. The summed E-state index contributed by atoms with van der Waals surface area (Å²) in [6, 6.07) is 12.1. The van der Waals surface area contributed by atoms with E-state index in [4.69, 9.17) is 4.98 Å². The Balaban J connectivity index is 1.40. The van der Waals surface area contributed by atoms with Crippen molar-refractivity contribution in [3.05, 3.63) is 75.3 Å². The molecule has 5 heterocycles. The minimum absolute atomic E-state index is 0.0295. The summed E-state index contributed by atoms with van der Waals surface area (Å²) in [5.74, 6) is 0.678. The molecule has 0 atom stereocenters. The van der Waals surface area contributed by atoms with Crippen LogP contribution in [0.2, 0.25) is 0 Å². The zero-order valence-electron chi connectivity index (χ0n) is 14.1. The SMILES string of the molecule is O=c1[nH]c(-c2cccs2)nc2c1CN(Cc1cc3ccccn3n1)CC2. The van der Waals surface area contributed by atoms with E-state index in [0.717, 1.165) is 46.9 Å². The van der Waals surface area contributed by atoms with Gasteiger partial charge in [0.2, 0.25) is 0 Å². The first-order valence-corrected chi connectivity index (χ1v) is 9.46. The van der Waals surface area contributed by atoms with E-state index >= 15 is 0 Å². The van der Waals surface area contributed by atoms with Crippen LogP contribution in [0.3, 0.4) is 0 Å². The van der Waals surface area contributed by atoms with E-state index < -0.39 is 0 Å². The van der Waals surface area contributed by atoms with Crippen molar-refractivity contribution in [1.29, 1.82) is 0 Å². The average Bonchev–Trinajstić information content (AvgIpc) is 3.31. The van der Waals surface area contributed by atoms with E-state index in [1.165, 1.54) is 0 Å². The molecule has 0 bridgehead atoms. The summed E-state index contributed by atoms with van der Waals surface area (Å²) in [6.07, 6.45) is 2.73. The molecule has 6 nitrogen and oxygen atoms in total. The molecule has 0 unspecified atom stereocenters. The maximum Gasteiger partial charge on any atom is 0.255 e. The van der Waals surface area contributed by atoms with Crippen molar-refractivity contribution in [2.75, 3.05) is 6.54 Å². The Morgan fingerprint density at radius 1 is 1.23 bits per heavy atom. The Hall–Kier alpha value is -2.77.